The quantitative estimate of drug-likeness (QED) is 0.158. The molecular formula is C11H11N5O4S. The van der Waals surface area contributed by atoms with Gasteiger partial charge in [0.25, 0.3) is 0 Å². The van der Waals surface area contributed by atoms with Crippen molar-refractivity contribution in [3.05, 3.63) is 18.2 Å². The number of hydrogen-bond donors (Lipinski definition) is 4. The first-order chi connectivity index (χ1) is 11.1. The molecule has 2 aromatic rings. The van der Waals surface area contributed by atoms with Crippen LogP contribution < -0.4 is 5.73 Å². The van der Waals surface area contributed by atoms with Gasteiger partial charge in [0.05, 0.1) is 35.1 Å². The summed E-state index contributed by atoms with van der Waals surface area (Å²) in [6, 6.07) is 4.76. The Kier molecular flexibility index (Phi) is 3.83. The molecule has 0 fully saturated rings. The Balaban J connectivity index is 2.66. The van der Waals surface area contributed by atoms with Gasteiger partial charge < -0.3 is 10.8 Å². The molecule has 0 atom stereocenters. The van der Waals surface area contributed by atoms with E-state index in [9.17, 15) is 5.11 Å². The van der Waals surface area contributed by atoms with Gasteiger partial charge in [-0.3, -0.25) is 0 Å². The molecule has 0 aliphatic rings. The Morgan fingerprint density at radius 3 is 2.90 bits per heavy atom. The lowest BCUT2D eigenvalue weighted by Gasteiger charge is -2.11. The Morgan fingerprint density at radius 1 is 1.38 bits per heavy atom. The van der Waals surface area contributed by atoms with Crippen LogP contribution in [0.5, 0.6) is 5.75 Å². The maximum absolute atomic E-state index is 10.4. The number of benzene rings is 2. The van der Waals surface area contributed by atoms with Gasteiger partial charge in [-0.05, 0) is 17.5 Å². The van der Waals surface area contributed by atoms with E-state index in [1.807, 2.05) is 0 Å². The Labute approximate surface area is 126 Å². The number of phenols is 1. The third-order valence-corrected chi connectivity index (χ3v) is 3.28. The predicted octanol–water partition coefficient (Wildman–Crippen LogP) is 3.97. The minimum absolute atomic E-state index is 0.0381. The highest BCUT2D eigenvalue weighted by molar-refractivity contribution is 7.94. The molecule has 9 nitrogen and oxygen atoms in total. The van der Waals surface area contributed by atoms with Crippen LogP contribution in [0.4, 0.5) is 17.1 Å². The summed E-state index contributed by atoms with van der Waals surface area (Å²) < 4.78 is 18.3. The SMILES string of the molecule is [2H]N=Nc1ccc2cc(SOOOC)c(N=N[2H])c(O)c2c1N. The van der Waals surface area contributed by atoms with E-state index in [1.54, 1.807) is 18.2 Å². The van der Waals surface area contributed by atoms with Gasteiger partial charge in [0.1, 0.15) is 11.4 Å². The molecule has 0 spiro atoms. The van der Waals surface area contributed by atoms with E-state index < -0.39 is 0 Å². The second-order valence-electron chi connectivity index (χ2n) is 3.75. The van der Waals surface area contributed by atoms with E-state index >= 15 is 0 Å². The number of aromatic hydroxyl groups is 1. The standard InChI is InChI=1S/C11H11N5O4S/c1-18-19-20-21-7-4-5-2-3-6(15-13)9(12)8(5)11(17)10(7)16-14/h2-4,13-14,17H,12H2,1H3/i/hD2. The Bertz CT molecular complexity index is 774. The molecule has 0 heterocycles. The number of nitrogens with zero attached hydrogens (tertiary/aromatic N) is 2. The number of hydrogen-bond acceptors (Lipinski definition) is 10. The van der Waals surface area contributed by atoms with E-state index in [4.69, 9.17) is 8.56 Å². The van der Waals surface area contributed by atoms with E-state index in [0.29, 0.717) is 22.3 Å². The zero-order valence-corrected chi connectivity index (χ0v) is 11.5. The zero-order valence-electron chi connectivity index (χ0n) is 12.7. The summed E-state index contributed by atoms with van der Waals surface area (Å²) in [4.78, 5) is 4.60. The largest absolute Gasteiger partial charge is 0.505 e. The lowest BCUT2D eigenvalue weighted by molar-refractivity contribution is -0.447. The molecule has 0 bridgehead atoms. The Morgan fingerprint density at radius 2 is 2.19 bits per heavy atom. The van der Waals surface area contributed by atoms with Crippen LogP contribution >= 0.6 is 12.0 Å². The van der Waals surface area contributed by atoms with Gasteiger partial charge in [0, 0.05) is 0 Å². The highest BCUT2D eigenvalue weighted by atomic mass is 32.2. The van der Waals surface area contributed by atoms with Crippen LogP contribution in [0.3, 0.4) is 0 Å². The van der Waals surface area contributed by atoms with E-state index in [0.717, 1.165) is 0 Å². The topological polar surface area (TPSA) is 146 Å². The van der Waals surface area contributed by atoms with Crippen molar-refractivity contribution >= 4 is 39.9 Å². The fourth-order valence-corrected chi connectivity index (χ4v) is 2.33. The molecule has 2 rings (SSSR count). The normalized spacial score (nSPS) is 13.2. The van der Waals surface area contributed by atoms with E-state index in [-0.39, 0.29) is 28.2 Å². The third-order valence-electron chi connectivity index (χ3n) is 2.66. The number of anilines is 1. The smallest absolute Gasteiger partial charge is 0.214 e. The highest BCUT2D eigenvalue weighted by Crippen LogP contribution is 2.46. The van der Waals surface area contributed by atoms with Crippen LogP contribution in [0.2, 0.25) is 2.82 Å². The average molecular weight is 311 g/mol. The molecule has 2 aromatic carbocycles. The van der Waals surface area contributed by atoms with E-state index in [1.165, 1.54) is 7.11 Å². The third kappa shape index (κ3) is 2.78. The number of nitrogens with one attached hydrogen (secondary N) is 2. The van der Waals surface area contributed by atoms with Crippen molar-refractivity contribution in [3.8, 4) is 5.75 Å². The molecule has 110 valence electrons. The average Bonchev–Trinajstić information content (AvgIpc) is 2.53. The van der Waals surface area contributed by atoms with Crippen molar-refractivity contribution in [1.29, 1.82) is 11.0 Å². The number of rotatable bonds is 6. The maximum atomic E-state index is 10.4. The fourth-order valence-electron chi connectivity index (χ4n) is 1.78. The molecular weight excluding hydrogens is 298 g/mol. The van der Waals surface area contributed by atoms with Gasteiger partial charge in [0.15, 0.2) is 5.75 Å². The van der Waals surface area contributed by atoms with Crippen LogP contribution in [0, 0.1) is 11.0 Å². The summed E-state index contributed by atoms with van der Waals surface area (Å²) in [5.41, 5.74) is 12.1. The van der Waals surface area contributed by atoms with Crippen LogP contribution in [-0.4, -0.2) is 12.2 Å². The summed E-state index contributed by atoms with van der Waals surface area (Å²) in [6.07, 6.45) is 0. The van der Waals surface area contributed by atoms with Crippen LogP contribution in [-0.2, 0) is 14.3 Å². The highest BCUT2D eigenvalue weighted by Gasteiger charge is 2.17. The Hall–Kier alpha value is -2.27. The predicted molar refractivity (Wildman–Crippen MR) is 74.7 cm³/mol. The molecule has 5 N–H and O–H groups in total. The molecule has 0 unspecified atom stereocenters. The van der Waals surface area contributed by atoms with Crippen LogP contribution in [0.1, 0.15) is 0 Å². The zero-order chi connectivity index (χ0) is 16.8. The summed E-state index contributed by atoms with van der Waals surface area (Å²) in [5.74, 6) is -0.318. The molecule has 21 heavy (non-hydrogen) atoms. The van der Waals surface area contributed by atoms with Crippen molar-refractivity contribution in [2.75, 3.05) is 12.8 Å². The maximum Gasteiger partial charge on any atom is 0.214 e. The molecule has 0 aliphatic carbocycles. The fraction of sp³-hybridized carbons (Fsp3) is 0.0909. The molecule has 0 aliphatic heterocycles. The first-order valence-corrected chi connectivity index (χ1v) is 6.20. The van der Waals surface area contributed by atoms with Gasteiger partial charge >= 0.3 is 0 Å². The monoisotopic (exact) mass is 311 g/mol. The molecule has 0 amide bonds. The lowest BCUT2D eigenvalue weighted by Crippen LogP contribution is -1.90. The van der Waals surface area contributed by atoms with Crippen LogP contribution in [0.25, 0.3) is 10.8 Å². The summed E-state index contributed by atoms with van der Waals surface area (Å²) >= 11 is 0.704. The van der Waals surface area contributed by atoms with Gasteiger partial charge in [-0.1, -0.05) is 11.1 Å². The summed E-state index contributed by atoms with van der Waals surface area (Å²) in [5, 5.41) is 22.6. The lowest BCUT2D eigenvalue weighted by atomic mass is 10.1. The van der Waals surface area contributed by atoms with Crippen molar-refractivity contribution in [1.82, 2.24) is 0 Å². The molecule has 0 saturated carbocycles. The minimum Gasteiger partial charge on any atom is -0.505 e. The van der Waals surface area contributed by atoms with Crippen molar-refractivity contribution in [3.63, 3.8) is 0 Å². The minimum atomic E-state index is -0.318. The van der Waals surface area contributed by atoms with Gasteiger partial charge in [-0.25, -0.2) is 15.9 Å². The van der Waals surface area contributed by atoms with Crippen molar-refractivity contribution < 1.29 is 22.2 Å². The first kappa shape index (κ1) is 12.5. The number of phenolic OH excluding ortho intramolecular Hbond substituents is 1. The van der Waals surface area contributed by atoms with Crippen LogP contribution in [0.15, 0.2) is 33.3 Å². The van der Waals surface area contributed by atoms with Crippen molar-refractivity contribution in [2.24, 2.45) is 10.2 Å². The number of fused-ring (bicyclic) bond motifs is 1. The molecule has 0 radical (unpaired) electrons. The summed E-state index contributed by atoms with van der Waals surface area (Å²) in [7, 11) is 1.26. The number of nitrogens with two attached hydrogens (primary N) is 1. The van der Waals surface area contributed by atoms with Gasteiger partial charge in [0.2, 0.25) is 2.82 Å². The molecule has 10 heteroatoms. The van der Waals surface area contributed by atoms with Gasteiger partial charge in [-0.15, -0.1) is 4.33 Å². The first-order valence-electron chi connectivity index (χ1n) is 6.35. The molecule has 0 aromatic heterocycles. The second-order valence-corrected chi connectivity index (χ2v) is 4.50. The molecule has 0 saturated heterocycles. The van der Waals surface area contributed by atoms with Gasteiger partial charge in [-0.2, -0.15) is 10.2 Å². The number of nitrogen functional groups attached to an aromatic ring is 1. The summed E-state index contributed by atoms with van der Waals surface area (Å²) in [6.45, 7) is 0. The van der Waals surface area contributed by atoms with E-state index in [2.05, 4.69) is 35.5 Å². The second kappa shape index (κ2) is 6.45. The van der Waals surface area contributed by atoms with Crippen molar-refractivity contribution in [2.45, 2.75) is 4.90 Å².